The highest BCUT2D eigenvalue weighted by molar-refractivity contribution is 9.10. The van der Waals surface area contributed by atoms with E-state index >= 15 is 0 Å². The van der Waals surface area contributed by atoms with Gasteiger partial charge in [-0.05, 0) is 55.0 Å². The van der Waals surface area contributed by atoms with E-state index in [1.807, 2.05) is 7.05 Å². The van der Waals surface area contributed by atoms with Gasteiger partial charge in [-0.2, -0.15) is 0 Å². The van der Waals surface area contributed by atoms with Gasteiger partial charge in [0.15, 0.2) is 5.82 Å². The van der Waals surface area contributed by atoms with Gasteiger partial charge in [0.05, 0.1) is 20.7 Å². The maximum atomic E-state index is 14.3. The third-order valence-electron chi connectivity index (χ3n) is 3.77. The Hall–Kier alpha value is -1.18. The summed E-state index contributed by atoms with van der Waals surface area (Å²) in [7, 11) is 1.98. The molecule has 0 aliphatic carbocycles. The fourth-order valence-electron chi connectivity index (χ4n) is 2.41. The maximum Gasteiger partial charge on any atom is 0.250 e. The first kappa shape index (κ1) is 17.2. The number of nitrogens with one attached hydrogen (secondary N) is 1. The van der Waals surface area contributed by atoms with E-state index in [4.69, 9.17) is 17.3 Å². The Morgan fingerprint density at radius 2 is 2.05 bits per heavy atom. The summed E-state index contributed by atoms with van der Waals surface area (Å²) in [6.45, 7) is 1.60. The molecule has 120 valence electrons. The van der Waals surface area contributed by atoms with Crippen molar-refractivity contribution in [3.8, 4) is 0 Å². The highest BCUT2D eigenvalue weighted by Crippen LogP contribution is 2.34. The number of halogens is 3. The SMILES string of the molecule is CN1CCC(C(=O)Nc2c(C(N)=O)cc(Cl)c(Br)c2F)CC1. The lowest BCUT2D eigenvalue weighted by Crippen LogP contribution is -2.36. The van der Waals surface area contributed by atoms with Crippen molar-refractivity contribution in [2.45, 2.75) is 12.8 Å². The van der Waals surface area contributed by atoms with E-state index in [-0.39, 0.29) is 32.6 Å². The lowest BCUT2D eigenvalue weighted by atomic mass is 9.96. The minimum absolute atomic E-state index is 0.0159. The number of piperidine rings is 1. The van der Waals surface area contributed by atoms with Gasteiger partial charge in [-0.25, -0.2) is 4.39 Å². The summed E-state index contributed by atoms with van der Waals surface area (Å²) in [6, 6.07) is 1.24. The average molecular weight is 393 g/mol. The number of rotatable bonds is 3. The third kappa shape index (κ3) is 3.59. The first-order valence-corrected chi connectivity index (χ1v) is 7.95. The summed E-state index contributed by atoms with van der Waals surface area (Å²) in [5, 5.41) is 2.51. The number of hydrogen-bond donors (Lipinski definition) is 2. The molecule has 5 nitrogen and oxygen atoms in total. The second kappa shape index (κ2) is 6.93. The number of carbonyl (C=O) groups excluding carboxylic acids is 2. The highest BCUT2D eigenvalue weighted by Gasteiger charge is 2.27. The Balaban J connectivity index is 2.27. The minimum Gasteiger partial charge on any atom is -0.366 e. The molecule has 2 amide bonds. The second-order valence-electron chi connectivity index (χ2n) is 5.34. The molecule has 0 spiro atoms. The molecule has 1 aliphatic rings. The smallest absolute Gasteiger partial charge is 0.250 e. The molecule has 0 unspecified atom stereocenters. The number of anilines is 1. The average Bonchev–Trinajstić information content (AvgIpc) is 2.47. The quantitative estimate of drug-likeness (QED) is 0.777. The molecule has 0 atom stereocenters. The summed E-state index contributed by atoms with van der Waals surface area (Å²) in [5.74, 6) is -2.19. The van der Waals surface area contributed by atoms with Crippen molar-refractivity contribution in [2.24, 2.45) is 11.7 Å². The summed E-state index contributed by atoms with van der Waals surface area (Å²) in [6.07, 6.45) is 1.37. The van der Waals surface area contributed by atoms with Gasteiger partial charge >= 0.3 is 0 Å². The fourth-order valence-corrected chi connectivity index (χ4v) is 2.91. The number of carbonyl (C=O) groups is 2. The van der Waals surface area contributed by atoms with Crippen molar-refractivity contribution in [1.29, 1.82) is 0 Å². The lowest BCUT2D eigenvalue weighted by Gasteiger charge is -2.28. The molecule has 1 heterocycles. The van der Waals surface area contributed by atoms with Crippen molar-refractivity contribution in [2.75, 3.05) is 25.5 Å². The van der Waals surface area contributed by atoms with Gasteiger partial charge in [0.25, 0.3) is 5.91 Å². The van der Waals surface area contributed by atoms with E-state index in [0.29, 0.717) is 12.8 Å². The summed E-state index contributed by atoms with van der Waals surface area (Å²) in [4.78, 5) is 25.9. The van der Waals surface area contributed by atoms with E-state index in [0.717, 1.165) is 13.1 Å². The molecule has 0 saturated carbocycles. The van der Waals surface area contributed by atoms with Gasteiger partial charge in [0, 0.05) is 5.92 Å². The van der Waals surface area contributed by atoms with Crippen LogP contribution in [0.1, 0.15) is 23.2 Å². The number of benzene rings is 1. The van der Waals surface area contributed by atoms with Gasteiger partial charge in [0.1, 0.15) is 0 Å². The van der Waals surface area contributed by atoms with Crippen LogP contribution in [0, 0.1) is 11.7 Å². The number of amides is 2. The van der Waals surface area contributed by atoms with Crippen LogP contribution in [0.3, 0.4) is 0 Å². The molecule has 2 rings (SSSR count). The summed E-state index contributed by atoms with van der Waals surface area (Å²) < 4.78 is 14.3. The molecule has 8 heteroatoms. The number of primary amides is 1. The van der Waals surface area contributed by atoms with Gasteiger partial charge in [0.2, 0.25) is 5.91 Å². The third-order valence-corrected chi connectivity index (χ3v) is 5.07. The zero-order valence-electron chi connectivity index (χ0n) is 12.0. The van der Waals surface area contributed by atoms with Crippen LogP contribution in [0.4, 0.5) is 10.1 Å². The first-order valence-electron chi connectivity index (χ1n) is 6.78. The van der Waals surface area contributed by atoms with Crippen molar-refractivity contribution in [1.82, 2.24) is 4.90 Å². The molecule has 1 saturated heterocycles. The van der Waals surface area contributed by atoms with E-state index in [1.165, 1.54) is 6.07 Å². The van der Waals surface area contributed by atoms with Gasteiger partial charge < -0.3 is 16.0 Å². The Morgan fingerprint density at radius 3 is 2.59 bits per heavy atom. The summed E-state index contributed by atoms with van der Waals surface area (Å²) >= 11 is 8.81. The Kier molecular flexibility index (Phi) is 5.41. The van der Waals surface area contributed by atoms with Crippen molar-refractivity contribution < 1.29 is 14.0 Å². The van der Waals surface area contributed by atoms with E-state index < -0.39 is 11.7 Å². The molecule has 22 heavy (non-hydrogen) atoms. The van der Waals surface area contributed by atoms with Crippen molar-refractivity contribution >= 4 is 45.0 Å². The van der Waals surface area contributed by atoms with E-state index in [9.17, 15) is 14.0 Å². The highest BCUT2D eigenvalue weighted by atomic mass is 79.9. The van der Waals surface area contributed by atoms with Crippen LogP contribution in [0.2, 0.25) is 5.02 Å². The predicted octanol–water partition coefficient (Wildman–Crippen LogP) is 2.62. The Bertz CT molecular complexity index is 619. The number of hydrogen-bond acceptors (Lipinski definition) is 3. The topological polar surface area (TPSA) is 75.4 Å². The minimum atomic E-state index is -0.855. The fraction of sp³-hybridized carbons (Fsp3) is 0.429. The van der Waals surface area contributed by atoms with Crippen LogP contribution in [0.25, 0.3) is 0 Å². The van der Waals surface area contributed by atoms with E-state index in [1.54, 1.807) is 0 Å². The number of likely N-dealkylation sites (tertiary alicyclic amines) is 1. The monoisotopic (exact) mass is 391 g/mol. The second-order valence-corrected chi connectivity index (χ2v) is 6.54. The van der Waals surface area contributed by atoms with Crippen molar-refractivity contribution in [3.63, 3.8) is 0 Å². The van der Waals surface area contributed by atoms with Crippen LogP contribution in [-0.4, -0.2) is 36.9 Å². The van der Waals surface area contributed by atoms with Crippen LogP contribution >= 0.6 is 27.5 Å². The molecule has 3 N–H and O–H groups in total. The number of nitrogens with two attached hydrogens (primary N) is 1. The Morgan fingerprint density at radius 1 is 1.45 bits per heavy atom. The normalized spacial score (nSPS) is 16.5. The molecular formula is C14H16BrClFN3O2. The molecule has 0 aromatic heterocycles. The molecule has 1 aliphatic heterocycles. The predicted molar refractivity (Wildman–Crippen MR) is 86.5 cm³/mol. The maximum absolute atomic E-state index is 14.3. The first-order chi connectivity index (χ1) is 10.3. The van der Waals surface area contributed by atoms with Gasteiger partial charge in [-0.3, -0.25) is 9.59 Å². The Labute approximate surface area is 141 Å². The van der Waals surface area contributed by atoms with Crippen molar-refractivity contribution in [3.05, 3.63) is 26.9 Å². The largest absolute Gasteiger partial charge is 0.366 e. The van der Waals surface area contributed by atoms with Crippen LogP contribution in [0.5, 0.6) is 0 Å². The molecule has 0 radical (unpaired) electrons. The molecular weight excluding hydrogens is 377 g/mol. The van der Waals surface area contributed by atoms with Crippen LogP contribution in [-0.2, 0) is 4.79 Å². The summed E-state index contributed by atoms with van der Waals surface area (Å²) in [5.41, 5.74) is 4.86. The molecule has 1 aromatic rings. The lowest BCUT2D eigenvalue weighted by molar-refractivity contribution is -0.121. The standard InChI is InChI=1S/C14H16BrClFN3O2/c1-20-4-2-7(3-5-20)14(22)19-12-8(13(18)21)6-9(16)10(15)11(12)17/h6-7H,2-5H2,1H3,(H2,18,21)(H,19,22). The van der Waals surface area contributed by atoms with Gasteiger partial charge in [-0.1, -0.05) is 11.6 Å². The molecule has 0 bridgehead atoms. The zero-order valence-corrected chi connectivity index (χ0v) is 14.3. The van der Waals surface area contributed by atoms with Crippen LogP contribution in [0.15, 0.2) is 10.5 Å². The van der Waals surface area contributed by atoms with Crippen LogP contribution < -0.4 is 11.1 Å². The zero-order chi connectivity index (χ0) is 16.4. The van der Waals surface area contributed by atoms with Gasteiger partial charge in [-0.15, -0.1) is 0 Å². The molecule has 1 aromatic carbocycles. The molecule has 1 fully saturated rings. The van der Waals surface area contributed by atoms with E-state index in [2.05, 4.69) is 26.1 Å². The number of nitrogens with zero attached hydrogens (tertiary/aromatic N) is 1.